The number of thioether (sulfide) groups is 1. The predicted octanol–water partition coefficient (Wildman–Crippen LogP) is 3.91. The first-order chi connectivity index (χ1) is 13.1. The monoisotopic (exact) mass is 413 g/mol. The molecule has 0 bridgehead atoms. The van der Waals surface area contributed by atoms with Gasteiger partial charge >= 0.3 is 12.0 Å². The van der Waals surface area contributed by atoms with Crippen molar-refractivity contribution in [1.29, 1.82) is 0 Å². The van der Waals surface area contributed by atoms with Gasteiger partial charge in [-0.15, -0.1) is 11.8 Å². The Bertz CT molecular complexity index is 630. The summed E-state index contributed by atoms with van der Waals surface area (Å²) in [7, 11) is 0. The fourth-order valence-electron chi connectivity index (χ4n) is 3.22. The molecule has 7 nitrogen and oxygen atoms in total. The second-order valence-electron chi connectivity index (χ2n) is 7.10. The number of anilines is 1. The maximum absolute atomic E-state index is 12.9. The molecule has 2 aliphatic rings. The number of rotatable bonds is 10. The lowest BCUT2D eigenvalue weighted by atomic mass is 9.94. The van der Waals surface area contributed by atoms with Crippen molar-refractivity contribution in [3.8, 4) is 0 Å². The van der Waals surface area contributed by atoms with Crippen molar-refractivity contribution < 1.29 is 19.4 Å². The highest BCUT2D eigenvalue weighted by molar-refractivity contribution is 8.01. The van der Waals surface area contributed by atoms with Crippen LogP contribution < -0.4 is 5.32 Å². The average Bonchev–Trinajstić information content (AvgIpc) is 3.38. The van der Waals surface area contributed by atoms with Crippen molar-refractivity contribution in [3.05, 3.63) is 6.20 Å². The zero-order chi connectivity index (χ0) is 19.1. The smallest absolute Gasteiger partial charge is 0.323 e. The molecule has 0 spiro atoms. The van der Waals surface area contributed by atoms with E-state index in [-0.39, 0.29) is 17.8 Å². The Kier molecular flexibility index (Phi) is 7.78. The lowest BCUT2D eigenvalue weighted by Crippen LogP contribution is -2.45. The highest BCUT2D eigenvalue weighted by Gasteiger charge is 2.26. The van der Waals surface area contributed by atoms with Crippen molar-refractivity contribution in [1.82, 2.24) is 9.88 Å². The van der Waals surface area contributed by atoms with Gasteiger partial charge in [0.2, 0.25) is 0 Å². The van der Waals surface area contributed by atoms with E-state index in [4.69, 9.17) is 9.84 Å². The van der Waals surface area contributed by atoms with Crippen molar-refractivity contribution >= 4 is 40.2 Å². The summed E-state index contributed by atoms with van der Waals surface area (Å²) in [4.78, 5) is 29.6. The van der Waals surface area contributed by atoms with Crippen LogP contribution in [0, 0.1) is 5.92 Å². The predicted molar refractivity (Wildman–Crippen MR) is 107 cm³/mol. The lowest BCUT2D eigenvalue weighted by Gasteiger charge is -2.34. The van der Waals surface area contributed by atoms with E-state index in [1.165, 1.54) is 42.4 Å². The molecular weight excluding hydrogens is 386 g/mol. The van der Waals surface area contributed by atoms with E-state index < -0.39 is 5.97 Å². The molecule has 2 amide bonds. The van der Waals surface area contributed by atoms with Crippen LogP contribution >= 0.6 is 23.1 Å². The van der Waals surface area contributed by atoms with Crippen LogP contribution in [0.5, 0.6) is 0 Å². The molecule has 1 heterocycles. The topological polar surface area (TPSA) is 91.8 Å². The lowest BCUT2D eigenvalue weighted by molar-refractivity contribution is -0.133. The summed E-state index contributed by atoms with van der Waals surface area (Å²) in [5, 5.41) is 12.2. The van der Waals surface area contributed by atoms with Crippen molar-refractivity contribution in [2.75, 3.05) is 30.8 Å². The fraction of sp³-hybridized carbons (Fsp3) is 0.722. The SMILES string of the molecule is O=C(O)CSc1cnc(NC(=O)N(CCOCC2CC2)C2CCCCC2)s1. The van der Waals surface area contributed by atoms with Crippen LogP contribution in [-0.2, 0) is 9.53 Å². The number of ether oxygens (including phenoxy) is 1. The van der Waals surface area contributed by atoms with Gasteiger partial charge in [0.05, 0.1) is 22.8 Å². The van der Waals surface area contributed by atoms with E-state index in [2.05, 4.69) is 10.3 Å². The van der Waals surface area contributed by atoms with Gasteiger partial charge in [0, 0.05) is 19.2 Å². The molecule has 0 saturated heterocycles. The summed E-state index contributed by atoms with van der Waals surface area (Å²) < 4.78 is 6.53. The summed E-state index contributed by atoms with van der Waals surface area (Å²) >= 11 is 2.52. The van der Waals surface area contributed by atoms with Gasteiger partial charge in [-0.2, -0.15) is 0 Å². The second kappa shape index (κ2) is 10.3. The molecule has 1 aromatic heterocycles. The maximum atomic E-state index is 12.9. The number of thiazole rings is 1. The molecule has 1 aromatic rings. The molecule has 27 heavy (non-hydrogen) atoms. The molecule has 0 unspecified atom stereocenters. The van der Waals surface area contributed by atoms with E-state index in [0.717, 1.165) is 42.4 Å². The first kappa shape index (κ1) is 20.4. The number of carboxylic acids is 1. The van der Waals surface area contributed by atoms with Gasteiger partial charge in [-0.1, -0.05) is 30.6 Å². The summed E-state index contributed by atoms with van der Waals surface area (Å²) in [6.07, 6.45) is 9.76. The van der Waals surface area contributed by atoms with Gasteiger partial charge in [0.25, 0.3) is 0 Å². The van der Waals surface area contributed by atoms with Crippen LogP contribution in [0.25, 0.3) is 0 Å². The Hall–Kier alpha value is -1.32. The van der Waals surface area contributed by atoms with Crippen LogP contribution in [0.2, 0.25) is 0 Å². The molecule has 0 atom stereocenters. The third-order valence-corrected chi connectivity index (χ3v) is 6.93. The van der Waals surface area contributed by atoms with E-state index in [9.17, 15) is 9.59 Å². The molecule has 9 heteroatoms. The third-order valence-electron chi connectivity index (χ3n) is 4.84. The van der Waals surface area contributed by atoms with Gasteiger partial charge in [-0.05, 0) is 31.6 Å². The number of hydrogen-bond acceptors (Lipinski definition) is 6. The number of nitrogens with zero attached hydrogens (tertiary/aromatic N) is 2. The number of aromatic nitrogens is 1. The Morgan fingerprint density at radius 3 is 2.78 bits per heavy atom. The van der Waals surface area contributed by atoms with Gasteiger partial charge < -0.3 is 14.7 Å². The van der Waals surface area contributed by atoms with Gasteiger partial charge in [0.1, 0.15) is 0 Å². The third kappa shape index (κ3) is 6.97. The van der Waals surface area contributed by atoms with Crippen LogP contribution in [0.3, 0.4) is 0 Å². The van der Waals surface area contributed by atoms with Crippen LogP contribution in [0.15, 0.2) is 10.4 Å². The van der Waals surface area contributed by atoms with E-state index >= 15 is 0 Å². The number of carbonyl (C=O) groups excluding carboxylic acids is 1. The molecule has 2 saturated carbocycles. The number of urea groups is 1. The van der Waals surface area contributed by atoms with Crippen molar-refractivity contribution in [2.45, 2.75) is 55.2 Å². The molecule has 0 radical (unpaired) electrons. The Morgan fingerprint density at radius 2 is 2.07 bits per heavy atom. The molecule has 0 aromatic carbocycles. The Labute approximate surface area is 167 Å². The average molecular weight is 414 g/mol. The van der Waals surface area contributed by atoms with Crippen molar-refractivity contribution in [2.24, 2.45) is 5.92 Å². The first-order valence-corrected chi connectivity index (χ1v) is 11.4. The molecule has 2 fully saturated rings. The molecular formula is C18H27N3O4S2. The van der Waals surface area contributed by atoms with E-state index in [1.807, 2.05) is 4.90 Å². The maximum Gasteiger partial charge on any atom is 0.323 e. The number of carbonyl (C=O) groups is 2. The van der Waals surface area contributed by atoms with Crippen LogP contribution in [0.1, 0.15) is 44.9 Å². The Morgan fingerprint density at radius 1 is 1.30 bits per heavy atom. The number of amides is 2. The summed E-state index contributed by atoms with van der Waals surface area (Å²) in [5.41, 5.74) is 0. The fourth-order valence-corrected chi connectivity index (χ4v) is 4.80. The minimum absolute atomic E-state index is 0.0118. The minimum Gasteiger partial charge on any atom is -0.481 e. The van der Waals surface area contributed by atoms with E-state index in [1.54, 1.807) is 6.20 Å². The summed E-state index contributed by atoms with van der Waals surface area (Å²) in [6.45, 7) is 1.96. The van der Waals surface area contributed by atoms with Gasteiger partial charge in [-0.25, -0.2) is 9.78 Å². The highest BCUT2D eigenvalue weighted by atomic mass is 32.2. The number of hydrogen-bond donors (Lipinski definition) is 2. The minimum atomic E-state index is -0.867. The molecule has 3 rings (SSSR count). The van der Waals surface area contributed by atoms with Crippen LogP contribution in [-0.4, -0.2) is 58.5 Å². The first-order valence-electron chi connectivity index (χ1n) is 9.57. The van der Waals surface area contributed by atoms with Crippen LogP contribution in [0.4, 0.5) is 9.93 Å². The normalized spacial score (nSPS) is 17.6. The zero-order valence-corrected chi connectivity index (χ0v) is 17.0. The number of carboxylic acid groups (broad SMARTS) is 1. The zero-order valence-electron chi connectivity index (χ0n) is 15.4. The molecule has 2 aliphatic carbocycles. The number of nitrogens with one attached hydrogen (secondary N) is 1. The molecule has 0 aliphatic heterocycles. The van der Waals surface area contributed by atoms with Gasteiger partial charge in [0.15, 0.2) is 5.13 Å². The molecule has 150 valence electrons. The Balaban J connectivity index is 1.53. The van der Waals surface area contributed by atoms with Crippen molar-refractivity contribution in [3.63, 3.8) is 0 Å². The second-order valence-corrected chi connectivity index (χ2v) is 9.41. The largest absolute Gasteiger partial charge is 0.481 e. The van der Waals surface area contributed by atoms with Gasteiger partial charge in [-0.3, -0.25) is 10.1 Å². The quantitative estimate of drug-likeness (QED) is 0.446. The standard InChI is InChI=1S/C18H27N3O4S2/c22-15(23)12-26-16-10-19-17(27-16)20-18(24)21(14-4-2-1-3-5-14)8-9-25-11-13-6-7-13/h10,13-14H,1-9,11-12H2,(H,22,23)(H,19,20,24). The summed E-state index contributed by atoms with van der Waals surface area (Å²) in [6, 6.07) is 0.116. The summed E-state index contributed by atoms with van der Waals surface area (Å²) in [5.74, 6) is -0.157. The van der Waals surface area contributed by atoms with E-state index in [0.29, 0.717) is 18.3 Å². The molecule has 2 N–H and O–H groups in total. The number of aliphatic carboxylic acids is 1. The highest BCUT2D eigenvalue weighted by Crippen LogP contribution is 2.30.